The second-order valence-electron chi connectivity index (χ2n) is 5.66. The first-order chi connectivity index (χ1) is 9.87. The summed E-state index contributed by atoms with van der Waals surface area (Å²) in [5.41, 5.74) is 0.597. The van der Waals surface area contributed by atoms with Gasteiger partial charge in [-0.05, 0) is 37.1 Å². The third-order valence-corrected chi connectivity index (χ3v) is 5.34. The van der Waals surface area contributed by atoms with E-state index in [1.165, 1.54) is 6.26 Å². The van der Waals surface area contributed by atoms with E-state index < -0.39 is 9.84 Å². The van der Waals surface area contributed by atoms with Gasteiger partial charge in [0, 0.05) is 19.3 Å². The zero-order valence-electron chi connectivity index (χ0n) is 12.5. The number of benzene rings is 1. The van der Waals surface area contributed by atoms with Crippen molar-refractivity contribution in [2.45, 2.75) is 31.2 Å². The van der Waals surface area contributed by atoms with Crippen LogP contribution in [0, 0.1) is 5.41 Å². The summed E-state index contributed by atoms with van der Waals surface area (Å²) in [4.78, 5) is 12.6. The molecular weight excluding hydrogens is 288 g/mol. The molecule has 0 spiro atoms. The summed E-state index contributed by atoms with van der Waals surface area (Å²) in [6, 6.07) is 6.62. The minimum atomic E-state index is -3.17. The molecule has 0 saturated carbocycles. The Bertz CT molecular complexity index is 602. The number of carbonyl (C=O) groups is 1. The van der Waals surface area contributed by atoms with Crippen LogP contribution in [0.5, 0.6) is 0 Å². The lowest BCUT2D eigenvalue weighted by Gasteiger charge is -2.25. The Morgan fingerprint density at radius 3 is 2.48 bits per heavy atom. The molecule has 1 aromatic carbocycles. The average molecular weight is 310 g/mol. The van der Waals surface area contributed by atoms with E-state index in [0.717, 1.165) is 31.5 Å². The summed E-state index contributed by atoms with van der Waals surface area (Å²) in [6.45, 7) is 4.06. The topological polar surface area (TPSA) is 75.3 Å². The van der Waals surface area contributed by atoms with Crippen LogP contribution in [0.2, 0.25) is 0 Å². The maximum Gasteiger partial charge on any atom is 0.227 e. The van der Waals surface area contributed by atoms with Crippen molar-refractivity contribution in [1.82, 2.24) is 10.6 Å². The van der Waals surface area contributed by atoms with Gasteiger partial charge in [0.1, 0.15) is 0 Å². The maximum absolute atomic E-state index is 12.4. The van der Waals surface area contributed by atoms with Gasteiger partial charge in [-0.2, -0.15) is 0 Å². The summed E-state index contributed by atoms with van der Waals surface area (Å²) >= 11 is 0. The lowest BCUT2D eigenvalue weighted by atomic mass is 9.83. The molecule has 0 aliphatic carbocycles. The molecule has 0 radical (unpaired) electrons. The highest BCUT2D eigenvalue weighted by Crippen LogP contribution is 2.29. The highest BCUT2D eigenvalue weighted by Gasteiger charge is 2.39. The number of hydrogen-bond donors (Lipinski definition) is 2. The summed E-state index contributed by atoms with van der Waals surface area (Å²) in [6.07, 6.45) is 2.86. The molecule has 1 amide bonds. The van der Waals surface area contributed by atoms with Gasteiger partial charge >= 0.3 is 0 Å². The molecule has 2 rings (SSSR count). The van der Waals surface area contributed by atoms with Crippen LogP contribution < -0.4 is 10.6 Å². The average Bonchev–Trinajstić information content (AvgIpc) is 2.94. The molecule has 1 unspecified atom stereocenters. The van der Waals surface area contributed by atoms with Gasteiger partial charge < -0.3 is 10.6 Å². The van der Waals surface area contributed by atoms with Crippen molar-refractivity contribution in [3.8, 4) is 0 Å². The molecule has 1 aliphatic heterocycles. The highest BCUT2D eigenvalue weighted by molar-refractivity contribution is 7.90. The molecule has 1 heterocycles. The predicted octanol–water partition coefficient (Wildman–Crippen LogP) is 1.10. The second kappa shape index (κ2) is 6.15. The molecule has 1 aliphatic rings. The Kier molecular flexibility index (Phi) is 4.68. The van der Waals surface area contributed by atoms with Crippen molar-refractivity contribution in [2.24, 2.45) is 5.41 Å². The molecule has 0 aromatic heterocycles. The SMILES string of the molecule is CCC1(C(=O)NCc2ccc(S(C)(=O)=O)cc2)CCNC1. The quantitative estimate of drug-likeness (QED) is 0.854. The van der Waals surface area contributed by atoms with Crippen LogP contribution in [0.4, 0.5) is 0 Å². The Labute approximate surface area is 126 Å². The molecule has 0 bridgehead atoms. The van der Waals surface area contributed by atoms with Crippen LogP contribution >= 0.6 is 0 Å². The van der Waals surface area contributed by atoms with Gasteiger partial charge in [-0.3, -0.25) is 4.79 Å². The van der Waals surface area contributed by atoms with Crippen molar-refractivity contribution < 1.29 is 13.2 Å². The van der Waals surface area contributed by atoms with Gasteiger partial charge in [-0.1, -0.05) is 19.1 Å². The van der Waals surface area contributed by atoms with E-state index in [0.29, 0.717) is 11.4 Å². The van der Waals surface area contributed by atoms with Crippen LogP contribution in [0.15, 0.2) is 29.2 Å². The first-order valence-corrected chi connectivity index (χ1v) is 9.04. The monoisotopic (exact) mass is 310 g/mol. The van der Waals surface area contributed by atoms with Crippen LogP contribution in [0.3, 0.4) is 0 Å². The number of nitrogens with one attached hydrogen (secondary N) is 2. The number of sulfone groups is 1. The molecule has 1 aromatic rings. The fourth-order valence-electron chi connectivity index (χ4n) is 2.62. The molecule has 6 heteroatoms. The van der Waals surface area contributed by atoms with Gasteiger partial charge in [0.25, 0.3) is 0 Å². The molecular formula is C15H22N2O3S. The molecule has 2 N–H and O–H groups in total. The maximum atomic E-state index is 12.4. The number of rotatable bonds is 5. The Morgan fingerprint density at radius 2 is 2.00 bits per heavy atom. The lowest BCUT2D eigenvalue weighted by molar-refractivity contribution is -0.130. The standard InChI is InChI=1S/C15H22N2O3S/c1-3-15(8-9-16-11-15)14(18)17-10-12-4-6-13(7-5-12)21(2,19)20/h4-7,16H,3,8-11H2,1-2H3,(H,17,18). The number of amides is 1. The number of carbonyl (C=O) groups excluding carboxylic acids is 1. The van der Waals surface area contributed by atoms with E-state index in [1.54, 1.807) is 24.3 Å². The van der Waals surface area contributed by atoms with Gasteiger partial charge in [0.05, 0.1) is 10.3 Å². The van der Waals surface area contributed by atoms with E-state index in [4.69, 9.17) is 0 Å². The van der Waals surface area contributed by atoms with Crippen molar-refractivity contribution in [3.05, 3.63) is 29.8 Å². The second-order valence-corrected chi connectivity index (χ2v) is 7.68. The molecule has 1 saturated heterocycles. The van der Waals surface area contributed by atoms with Crippen LogP contribution in [0.1, 0.15) is 25.3 Å². The third kappa shape index (κ3) is 3.63. The van der Waals surface area contributed by atoms with Crippen molar-refractivity contribution in [3.63, 3.8) is 0 Å². The molecule has 5 nitrogen and oxygen atoms in total. The van der Waals surface area contributed by atoms with E-state index in [1.807, 2.05) is 6.92 Å². The first kappa shape index (κ1) is 16.0. The van der Waals surface area contributed by atoms with Crippen molar-refractivity contribution in [2.75, 3.05) is 19.3 Å². The minimum Gasteiger partial charge on any atom is -0.352 e. The zero-order valence-corrected chi connectivity index (χ0v) is 13.3. The van der Waals surface area contributed by atoms with Crippen molar-refractivity contribution in [1.29, 1.82) is 0 Å². The Hall–Kier alpha value is -1.40. The molecule has 116 valence electrons. The van der Waals surface area contributed by atoms with E-state index in [-0.39, 0.29) is 11.3 Å². The van der Waals surface area contributed by atoms with Gasteiger partial charge in [0.2, 0.25) is 5.91 Å². The number of hydrogen-bond acceptors (Lipinski definition) is 4. The largest absolute Gasteiger partial charge is 0.352 e. The van der Waals surface area contributed by atoms with Crippen LogP contribution in [0.25, 0.3) is 0 Å². The van der Waals surface area contributed by atoms with E-state index in [9.17, 15) is 13.2 Å². The molecule has 1 atom stereocenters. The summed E-state index contributed by atoms with van der Waals surface area (Å²) < 4.78 is 22.8. The smallest absolute Gasteiger partial charge is 0.227 e. The Balaban J connectivity index is 1.98. The first-order valence-electron chi connectivity index (χ1n) is 7.15. The Morgan fingerprint density at radius 1 is 1.33 bits per heavy atom. The fourth-order valence-corrected chi connectivity index (χ4v) is 3.25. The minimum absolute atomic E-state index is 0.0715. The van der Waals surface area contributed by atoms with Crippen LogP contribution in [-0.4, -0.2) is 33.7 Å². The third-order valence-electron chi connectivity index (χ3n) is 4.21. The summed E-state index contributed by atoms with van der Waals surface area (Å²) in [7, 11) is -3.17. The van der Waals surface area contributed by atoms with Gasteiger partial charge in [-0.15, -0.1) is 0 Å². The highest BCUT2D eigenvalue weighted by atomic mass is 32.2. The summed E-state index contributed by atoms with van der Waals surface area (Å²) in [5.74, 6) is 0.0715. The van der Waals surface area contributed by atoms with E-state index in [2.05, 4.69) is 10.6 Å². The van der Waals surface area contributed by atoms with Gasteiger partial charge in [0.15, 0.2) is 9.84 Å². The summed E-state index contributed by atoms with van der Waals surface area (Å²) in [5, 5.41) is 6.20. The lowest BCUT2D eigenvalue weighted by Crippen LogP contribution is -2.41. The molecule has 21 heavy (non-hydrogen) atoms. The van der Waals surface area contributed by atoms with Crippen molar-refractivity contribution >= 4 is 15.7 Å². The zero-order chi connectivity index (χ0) is 15.5. The van der Waals surface area contributed by atoms with Gasteiger partial charge in [-0.25, -0.2) is 8.42 Å². The normalized spacial score (nSPS) is 22.2. The fraction of sp³-hybridized carbons (Fsp3) is 0.533. The predicted molar refractivity (Wildman–Crippen MR) is 81.6 cm³/mol. The van der Waals surface area contributed by atoms with Crippen LogP contribution in [-0.2, 0) is 21.2 Å². The van der Waals surface area contributed by atoms with E-state index >= 15 is 0 Å². The molecule has 1 fully saturated rings.